The lowest BCUT2D eigenvalue weighted by atomic mass is 10.2. The fourth-order valence-corrected chi connectivity index (χ4v) is 2.87. The van der Waals surface area contributed by atoms with E-state index in [0.29, 0.717) is 5.37 Å². The van der Waals surface area contributed by atoms with Gasteiger partial charge in [-0.15, -0.1) is 11.8 Å². The molecule has 1 aliphatic heterocycles. The van der Waals surface area contributed by atoms with Crippen molar-refractivity contribution in [3.8, 4) is 0 Å². The summed E-state index contributed by atoms with van der Waals surface area (Å²) in [5.41, 5.74) is 1.33. The molecular weight excluding hydrogens is 204 g/mol. The van der Waals surface area contributed by atoms with Gasteiger partial charge in [0.25, 0.3) is 0 Å². The number of piperazine rings is 1. The summed E-state index contributed by atoms with van der Waals surface area (Å²) in [5, 5.41) is 4.07. The van der Waals surface area contributed by atoms with E-state index in [1.54, 1.807) is 0 Å². The van der Waals surface area contributed by atoms with Crippen LogP contribution in [0.2, 0.25) is 0 Å². The highest BCUT2D eigenvalue weighted by Gasteiger charge is 2.16. The quantitative estimate of drug-likeness (QED) is 0.823. The van der Waals surface area contributed by atoms with Crippen LogP contribution in [0.3, 0.4) is 0 Å². The molecule has 1 aromatic rings. The summed E-state index contributed by atoms with van der Waals surface area (Å²) in [4.78, 5) is 3.73. The lowest BCUT2D eigenvalue weighted by Crippen LogP contribution is -2.47. The minimum absolute atomic E-state index is 0.534. The monoisotopic (exact) mass is 222 g/mol. The molecule has 0 radical (unpaired) electrons. The van der Waals surface area contributed by atoms with E-state index in [1.807, 2.05) is 11.8 Å². The zero-order valence-corrected chi connectivity index (χ0v) is 10.2. The molecule has 1 fully saturated rings. The Hall–Kier alpha value is -0.510. The molecule has 1 aliphatic rings. The Balaban J connectivity index is 1.93. The van der Waals surface area contributed by atoms with Gasteiger partial charge >= 0.3 is 0 Å². The average Bonchev–Trinajstić information content (AvgIpc) is 2.22. The van der Waals surface area contributed by atoms with E-state index in [4.69, 9.17) is 0 Å². The topological polar surface area (TPSA) is 15.3 Å². The first kappa shape index (κ1) is 11.0. The van der Waals surface area contributed by atoms with Crippen LogP contribution >= 0.6 is 11.8 Å². The fourth-order valence-electron chi connectivity index (χ4n) is 1.72. The van der Waals surface area contributed by atoms with Gasteiger partial charge in [0.1, 0.15) is 0 Å². The molecule has 0 spiro atoms. The molecule has 2 rings (SSSR count). The second-order valence-corrected chi connectivity index (χ2v) is 5.41. The van der Waals surface area contributed by atoms with Gasteiger partial charge in [-0.1, -0.05) is 17.7 Å². The molecule has 0 saturated carbocycles. The van der Waals surface area contributed by atoms with Crippen LogP contribution in [0.5, 0.6) is 0 Å². The number of aryl methyl sites for hydroxylation is 1. The van der Waals surface area contributed by atoms with Crippen LogP contribution in [0, 0.1) is 6.92 Å². The van der Waals surface area contributed by atoms with Crippen LogP contribution in [0.1, 0.15) is 5.56 Å². The van der Waals surface area contributed by atoms with E-state index in [2.05, 4.69) is 48.5 Å². The van der Waals surface area contributed by atoms with Crippen molar-refractivity contribution in [1.29, 1.82) is 0 Å². The number of likely N-dealkylation sites (N-methyl/N-ethyl adjacent to an activating group) is 1. The number of thioether (sulfide) groups is 1. The number of hydrogen-bond donors (Lipinski definition) is 1. The van der Waals surface area contributed by atoms with Crippen molar-refractivity contribution < 1.29 is 0 Å². The Kier molecular flexibility index (Phi) is 3.67. The first-order valence-corrected chi connectivity index (χ1v) is 6.27. The Labute approximate surface area is 96.0 Å². The highest BCUT2D eigenvalue weighted by Crippen LogP contribution is 2.23. The zero-order valence-electron chi connectivity index (χ0n) is 9.36. The third-order valence-corrected chi connectivity index (χ3v) is 3.79. The fraction of sp³-hybridized carbons (Fsp3) is 0.500. The van der Waals surface area contributed by atoms with Crippen molar-refractivity contribution in [1.82, 2.24) is 10.2 Å². The number of benzene rings is 1. The van der Waals surface area contributed by atoms with Crippen molar-refractivity contribution in [3.63, 3.8) is 0 Å². The Morgan fingerprint density at radius 2 is 2.07 bits per heavy atom. The van der Waals surface area contributed by atoms with E-state index in [-0.39, 0.29) is 0 Å². The van der Waals surface area contributed by atoms with Gasteiger partial charge in [0, 0.05) is 24.5 Å². The van der Waals surface area contributed by atoms with Crippen LogP contribution in [0.4, 0.5) is 0 Å². The summed E-state index contributed by atoms with van der Waals surface area (Å²) in [6, 6.07) is 8.76. The van der Waals surface area contributed by atoms with Crippen LogP contribution in [-0.2, 0) is 0 Å². The van der Waals surface area contributed by atoms with E-state index < -0.39 is 0 Å². The smallest absolute Gasteiger partial charge is 0.0708 e. The van der Waals surface area contributed by atoms with Crippen LogP contribution in [-0.4, -0.2) is 37.0 Å². The van der Waals surface area contributed by atoms with Crippen LogP contribution in [0.15, 0.2) is 29.2 Å². The zero-order chi connectivity index (χ0) is 10.7. The lowest BCUT2D eigenvalue weighted by Gasteiger charge is -2.30. The Morgan fingerprint density at radius 1 is 1.33 bits per heavy atom. The van der Waals surface area contributed by atoms with Crippen molar-refractivity contribution in [2.45, 2.75) is 17.2 Å². The molecule has 3 heteroatoms. The molecule has 1 aromatic carbocycles. The van der Waals surface area contributed by atoms with E-state index in [0.717, 1.165) is 19.6 Å². The van der Waals surface area contributed by atoms with Crippen LogP contribution in [0.25, 0.3) is 0 Å². The molecule has 1 saturated heterocycles. The maximum Gasteiger partial charge on any atom is 0.0708 e. The maximum absolute atomic E-state index is 3.53. The van der Waals surface area contributed by atoms with Crippen molar-refractivity contribution in [2.24, 2.45) is 0 Å². The Morgan fingerprint density at radius 3 is 2.73 bits per heavy atom. The molecule has 1 heterocycles. The van der Waals surface area contributed by atoms with Gasteiger partial charge in [0.05, 0.1) is 5.37 Å². The molecule has 0 bridgehead atoms. The maximum atomic E-state index is 3.53. The molecule has 82 valence electrons. The molecule has 0 amide bonds. The second-order valence-electron chi connectivity index (χ2n) is 4.14. The predicted octanol–water partition coefficient (Wildman–Crippen LogP) is 1.95. The third-order valence-electron chi connectivity index (χ3n) is 2.64. The van der Waals surface area contributed by atoms with Gasteiger partial charge in [0.2, 0.25) is 0 Å². The average molecular weight is 222 g/mol. The molecule has 1 N–H and O–H groups in total. The normalized spacial score (nSPS) is 22.9. The minimum atomic E-state index is 0.534. The lowest BCUT2D eigenvalue weighted by molar-refractivity contribution is 0.278. The third kappa shape index (κ3) is 3.23. The molecule has 2 nitrogen and oxygen atoms in total. The molecule has 1 atom stereocenters. The number of rotatable bonds is 2. The first-order chi connectivity index (χ1) is 7.24. The van der Waals surface area contributed by atoms with E-state index in [1.165, 1.54) is 10.5 Å². The van der Waals surface area contributed by atoms with Crippen molar-refractivity contribution >= 4 is 11.8 Å². The van der Waals surface area contributed by atoms with E-state index in [9.17, 15) is 0 Å². The van der Waals surface area contributed by atoms with Crippen molar-refractivity contribution in [2.75, 3.05) is 26.7 Å². The van der Waals surface area contributed by atoms with Crippen LogP contribution < -0.4 is 5.32 Å². The van der Waals surface area contributed by atoms with Gasteiger partial charge in [0.15, 0.2) is 0 Å². The van der Waals surface area contributed by atoms with Gasteiger partial charge in [-0.2, -0.15) is 0 Å². The van der Waals surface area contributed by atoms with Gasteiger partial charge in [-0.25, -0.2) is 0 Å². The van der Waals surface area contributed by atoms with Gasteiger partial charge in [-0.05, 0) is 26.1 Å². The summed E-state index contributed by atoms with van der Waals surface area (Å²) in [7, 11) is 2.18. The van der Waals surface area contributed by atoms with Gasteiger partial charge in [-0.3, -0.25) is 0 Å². The molecule has 1 unspecified atom stereocenters. The summed E-state index contributed by atoms with van der Waals surface area (Å²) in [6.45, 7) is 5.50. The number of nitrogens with zero attached hydrogens (tertiary/aromatic N) is 1. The summed E-state index contributed by atoms with van der Waals surface area (Å²) in [6.07, 6.45) is 0. The van der Waals surface area contributed by atoms with Crippen molar-refractivity contribution in [3.05, 3.63) is 29.8 Å². The molecule has 0 aliphatic carbocycles. The summed E-state index contributed by atoms with van der Waals surface area (Å²) >= 11 is 1.92. The highest BCUT2D eigenvalue weighted by atomic mass is 32.2. The SMILES string of the molecule is Cc1ccc(SC2CN(C)CCN2)cc1. The minimum Gasteiger partial charge on any atom is -0.303 e. The largest absolute Gasteiger partial charge is 0.303 e. The second kappa shape index (κ2) is 5.01. The summed E-state index contributed by atoms with van der Waals surface area (Å²) in [5.74, 6) is 0. The van der Waals surface area contributed by atoms with E-state index >= 15 is 0 Å². The summed E-state index contributed by atoms with van der Waals surface area (Å²) < 4.78 is 0. The number of nitrogens with one attached hydrogen (secondary N) is 1. The molecule has 0 aromatic heterocycles. The highest BCUT2D eigenvalue weighted by molar-refractivity contribution is 8.00. The Bertz CT molecular complexity index is 310. The standard InChI is InChI=1S/C12H18N2S/c1-10-3-5-11(6-4-10)15-12-9-14(2)8-7-13-12/h3-6,12-13H,7-9H2,1-2H3. The first-order valence-electron chi connectivity index (χ1n) is 5.39. The molecule has 15 heavy (non-hydrogen) atoms. The van der Waals surface area contributed by atoms with Gasteiger partial charge < -0.3 is 10.2 Å². The predicted molar refractivity (Wildman–Crippen MR) is 66.3 cm³/mol. The molecular formula is C12H18N2S. The number of hydrogen-bond acceptors (Lipinski definition) is 3.